The molecule has 3 rings (SSSR count). The highest BCUT2D eigenvalue weighted by Gasteiger charge is 2.12. The first-order valence-corrected chi connectivity index (χ1v) is 10.9. The summed E-state index contributed by atoms with van der Waals surface area (Å²) in [7, 11) is 0. The lowest BCUT2D eigenvalue weighted by atomic mass is 10.1. The summed E-state index contributed by atoms with van der Waals surface area (Å²) in [5.41, 5.74) is 4.96. The zero-order chi connectivity index (χ0) is 22.9. The molecule has 1 amide bonds. The summed E-state index contributed by atoms with van der Waals surface area (Å²) in [6.45, 7) is 4.60. The minimum atomic E-state index is -0.476. The van der Waals surface area contributed by atoms with Crippen LogP contribution in [0.15, 0.2) is 76.3 Å². The Bertz CT molecular complexity index is 1110. The molecule has 0 aliphatic rings. The molecule has 0 aliphatic heterocycles. The van der Waals surface area contributed by atoms with E-state index >= 15 is 0 Å². The Balaban J connectivity index is 1.67. The van der Waals surface area contributed by atoms with Gasteiger partial charge >= 0.3 is 5.97 Å². The number of nitrogens with one attached hydrogen (secondary N) is 1. The number of carbonyl (C=O) groups excluding carboxylic acids is 2. The average molecular weight is 495 g/mol. The molecule has 0 radical (unpaired) electrons. The predicted octanol–water partition coefficient (Wildman–Crippen LogP) is 5.53. The minimum absolute atomic E-state index is 0.328. The Hall–Kier alpha value is -3.45. The minimum Gasteiger partial charge on any atom is -0.494 e. The second-order valence-corrected chi connectivity index (χ2v) is 7.93. The fraction of sp³-hybridized carbons (Fsp3) is 0.160. The zero-order valence-corrected chi connectivity index (χ0v) is 19.4. The normalized spacial score (nSPS) is 10.7. The van der Waals surface area contributed by atoms with Gasteiger partial charge in [-0.3, -0.25) is 4.79 Å². The van der Waals surface area contributed by atoms with E-state index in [1.807, 2.05) is 26.0 Å². The number of ether oxygens (including phenoxy) is 2. The Labute approximate surface area is 195 Å². The maximum atomic E-state index is 12.5. The predicted molar refractivity (Wildman–Crippen MR) is 128 cm³/mol. The molecular weight excluding hydrogens is 472 g/mol. The summed E-state index contributed by atoms with van der Waals surface area (Å²) < 4.78 is 11.8. The van der Waals surface area contributed by atoms with Crippen molar-refractivity contribution in [3.05, 3.63) is 93.5 Å². The molecule has 0 aliphatic carbocycles. The van der Waals surface area contributed by atoms with E-state index in [-0.39, 0.29) is 5.91 Å². The molecule has 0 fully saturated rings. The van der Waals surface area contributed by atoms with Gasteiger partial charge in [-0.25, -0.2) is 10.2 Å². The Morgan fingerprint density at radius 1 is 1.00 bits per heavy atom. The molecule has 0 spiro atoms. The van der Waals surface area contributed by atoms with Gasteiger partial charge in [0.2, 0.25) is 0 Å². The van der Waals surface area contributed by atoms with E-state index in [0.29, 0.717) is 34.8 Å². The van der Waals surface area contributed by atoms with Crippen LogP contribution in [0, 0.1) is 6.92 Å². The van der Waals surface area contributed by atoms with Crippen molar-refractivity contribution in [2.75, 3.05) is 6.61 Å². The van der Waals surface area contributed by atoms with Gasteiger partial charge in [0.25, 0.3) is 5.91 Å². The van der Waals surface area contributed by atoms with Crippen LogP contribution in [0.5, 0.6) is 11.5 Å². The smallest absolute Gasteiger partial charge is 0.343 e. The third-order valence-electron chi connectivity index (χ3n) is 4.42. The summed E-state index contributed by atoms with van der Waals surface area (Å²) in [4.78, 5) is 24.8. The third-order valence-corrected chi connectivity index (χ3v) is 4.91. The van der Waals surface area contributed by atoms with E-state index in [0.717, 1.165) is 16.5 Å². The largest absolute Gasteiger partial charge is 0.494 e. The lowest BCUT2D eigenvalue weighted by Crippen LogP contribution is -2.17. The molecule has 32 heavy (non-hydrogen) atoms. The van der Waals surface area contributed by atoms with Crippen molar-refractivity contribution >= 4 is 34.0 Å². The molecule has 0 saturated carbocycles. The number of halogens is 1. The molecule has 0 saturated heterocycles. The monoisotopic (exact) mass is 494 g/mol. The average Bonchev–Trinajstić information content (AvgIpc) is 2.80. The Morgan fingerprint density at radius 3 is 2.38 bits per heavy atom. The first-order chi connectivity index (χ1) is 15.5. The quantitative estimate of drug-likeness (QED) is 0.193. The molecule has 0 aromatic heterocycles. The molecular formula is C25H23BrN2O4. The van der Waals surface area contributed by atoms with E-state index < -0.39 is 5.97 Å². The number of esters is 1. The van der Waals surface area contributed by atoms with Gasteiger partial charge in [0.15, 0.2) is 0 Å². The first-order valence-electron chi connectivity index (χ1n) is 10.1. The summed E-state index contributed by atoms with van der Waals surface area (Å²) in [6.07, 6.45) is 2.34. The fourth-order valence-corrected chi connectivity index (χ4v) is 3.09. The molecule has 7 heteroatoms. The molecule has 3 aromatic rings. The molecule has 6 nitrogen and oxygen atoms in total. The van der Waals surface area contributed by atoms with E-state index in [4.69, 9.17) is 9.47 Å². The van der Waals surface area contributed by atoms with E-state index in [1.165, 1.54) is 6.21 Å². The summed E-state index contributed by atoms with van der Waals surface area (Å²) >= 11 is 3.40. The standard InChI is InChI=1S/C25H23BrN2O4/c1-3-14-31-22-11-8-18(9-12-22)24(29)28-27-16-20-15-21(26)10-13-23(20)32-25(30)19-6-4-17(2)5-7-19/h4-13,15-16H,3,14H2,1-2H3,(H,28,29)/b27-16+. The Morgan fingerprint density at radius 2 is 1.69 bits per heavy atom. The maximum Gasteiger partial charge on any atom is 0.343 e. The van der Waals surface area contributed by atoms with Gasteiger partial charge in [0, 0.05) is 15.6 Å². The lowest BCUT2D eigenvalue weighted by Gasteiger charge is -2.08. The van der Waals surface area contributed by atoms with Crippen molar-refractivity contribution < 1.29 is 19.1 Å². The van der Waals surface area contributed by atoms with Crippen LogP contribution >= 0.6 is 15.9 Å². The number of benzene rings is 3. The van der Waals surface area contributed by atoms with Crippen LogP contribution in [0.1, 0.15) is 45.2 Å². The van der Waals surface area contributed by atoms with Crippen LogP contribution < -0.4 is 14.9 Å². The van der Waals surface area contributed by atoms with Crippen LogP contribution in [-0.2, 0) is 0 Å². The van der Waals surface area contributed by atoms with Gasteiger partial charge in [-0.1, -0.05) is 40.5 Å². The number of hydrogen-bond donors (Lipinski definition) is 1. The number of aryl methyl sites for hydroxylation is 1. The summed E-state index contributed by atoms with van der Waals surface area (Å²) in [5.74, 6) is 0.197. The van der Waals surface area contributed by atoms with Crippen LogP contribution in [0.3, 0.4) is 0 Å². The molecule has 0 unspecified atom stereocenters. The van der Waals surface area contributed by atoms with Crippen molar-refractivity contribution in [3.8, 4) is 11.5 Å². The highest BCUT2D eigenvalue weighted by Crippen LogP contribution is 2.23. The van der Waals surface area contributed by atoms with Crippen LogP contribution in [0.2, 0.25) is 0 Å². The van der Waals surface area contributed by atoms with E-state index in [9.17, 15) is 9.59 Å². The van der Waals surface area contributed by atoms with Crippen molar-refractivity contribution in [2.45, 2.75) is 20.3 Å². The molecule has 0 heterocycles. The van der Waals surface area contributed by atoms with Gasteiger partial charge in [-0.05, 0) is 67.9 Å². The van der Waals surface area contributed by atoms with Gasteiger partial charge in [0.05, 0.1) is 18.4 Å². The van der Waals surface area contributed by atoms with E-state index in [1.54, 1.807) is 54.6 Å². The third kappa shape index (κ3) is 6.52. The van der Waals surface area contributed by atoms with Crippen LogP contribution in [-0.4, -0.2) is 24.7 Å². The fourth-order valence-electron chi connectivity index (χ4n) is 2.71. The molecule has 0 bridgehead atoms. The number of hydrogen-bond acceptors (Lipinski definition) is 5. The number of hydrazone groups is 1. The highest BCUT2D eigenvalue weighted by atomic mass is 79.9. The van der Waals surface area contributed by atoms with Gasteiger partial charge in [0.1, 0.15) is 11.5 Å². The van der Waals surface area contributed by atoms with Crippen LogP contribution in [0.25, 0.3) is 0 Å². The summed E-state index contributed by atoms with van der Waals surface area (Å²) in [5, 5.41) is 4.02. The second-order valence-electron chi connectivity index (χ2n) is 7.01. The van der Waals surface area contributed by atoms with Gasteiger partial charge in [-0.2, -0.15) is 5.10 Å². The van der Waals surface area contributed by atoms with Gasteiger partial charge in [-0.15, -0.1) is 0 Å². The number of rotatable bonds is 8. The van der Waals surface area contributed by atoms with Crippen molar-refractivity contribution in [2.24, 2.45) is 5.10 Å². The Kier molecular flexibility index (Phi) is 8.16. The SMILES string of the molecule is CCCOc1ccc(C(=O)N/N=C/c2cc(Br)ccc2OC(=O)c2ccc(C)cc2)cc1. The van der Waals surface area contributed by atoms with Crippen LogP contribution in [0.4, 0.5) is 0 Å². The van der Waals surface area contributed by atoms with Crippen molar-refractivity contribution in [3.63, 3.8) is 0 Å². The zero-order valence-electron chi connectivity index (χ0n) is 17.8. The first kappa shape index (κ1) is 23.2. The molecule has 1 N–H and O–H groups in total. The van der Waals surface area contributed by atoms with Crippen molar-refractivity contribution in [1.82, 2.24) is 5.43 Å². The molecule has 0 atom stereocenters. The highest BCUT2D eigenvalue weighted by molar-refractivity contribution is 9.10. The maximum absolute atomic E-state index is 12.5. The molecule has 164 valence electrons. The van der Waals surface area contributed by atoms with E-state index in [2.05, 4.69) is 26.5 Å². The van der Waals surface area contributed by atoms with Crippen molar-refractivity contribution in [1.29, 1.82) is 0 Å². The van der Waals surface area contributed by atoms with Gasteiger partial charge < -0.3 is 9.47 Å². The topological polar surface area (TPSA) is 77.0 Å². The lowest BCUT2D eigenvalue weighted by molar-refractivity contribution is 0.0734. The second kappa shape index (κ2) is 11.2. The number of carbonyl (C=O) groups is 2. The summed E-state index contributed by atoms with van der Waals surface area (Å²) in [6, 6.07) is 19.1. The number of amides is 1. The molecule has 3 aromatic carbocycles. The number of nitrogens with zero attached hydrogens (tertiary/aromatic N) is 1.